The van der Waals surface area contributed by atoms with Gasteiger partial charge in [-0.1, -0.05) is 17.7 Å². The predicted octanol–water partition coefficient (Wildman–Crippen LogP) is 2.36. The Morgan fingerprint density at radius 3 is 2.92 bits per heavy atom. The van der Waals surface area contributed by atoms with Crippen molar-refractivity contribution in [2.45, 2.75) is 12.5 Å². The minimum atomic E-state index is 0.000347. The summed E-state index contributed by atoms with van der Waals surface area (Å²) >= 11 is 5.84. The zero-order chi connectivity index (χ0) is 17.4. The summed E-state index contributed by atoms with van der Waals surface area (Å²) in [5, 5.41) is 8.40. The van der Waals surface area contributed by atoms with Gasteiger partial charge in [0.25, 0.3) is 5.91 Å². The summed E-state index contributed by atoms with van der Waals surface area (Å²) in [7, 11) is 1.84. The van der Waals surface area contributed by atoms with E-state index in [1.807, 2.05) is 25.2 Å². The zero-order valence-corrected chi connectivity index (χ0v) is 14.4. The minimum absolute atomic E-state index is 0.000347. The smallest absolute Gasteiger partial charge is 0.253 e. The van der Waals surface area contributed by atoms with Crippen molar-refractivity contribution in [3.8, 4) is 0 Å². The highest BCUT2D eigenvalue weighted by Gasteiger charge is 2.30. The first-order chi connectivity index (χ1) is 12.1. The van der Waals surface area contributed by atoms with Crippen molar-refractivity contribution in [3.05, 3.63) is 47.4 Å². The second-order valence-corrected chi connectivity index (χ2v) is 6.61. The number of carbonyl (C=O) groups is 1. The molecule has 2 aromatic heterocycles. The fourth-order valence-electron chi connectivity index (χ4n) is 3.15. The number of carbonyl (C=O) groups excluding carboxylic acids is 1. The number of fused-ring (bicyclic) bond motifs is 1. The molecule has 3 heterocycles. The number of anilines is 1. The molecule has 3 aromatic rings. The van der Waals surface area contributed by atoms with Crippen LogP contribution in [0, 0.1) is 0 Å². The number of nitrogens with one attached hydrogen (secondary N) is 1. The first-order valence-corrected chi connectivity index (χ1v) is 8.42. The Balaban J connectivity index is 1.48. The van der Waals surface area contributed by atoms with Crippen molar-refractivity contribution in [1.29, 1.82) is 0 Å². The van der Waals surface area contributed by atoms with Gasteiger partial charge in [0.2, 0.25) is 5.95 Å². The number of hydrogen-bond acceptors (Lipinski definition) is 5. The van der Waals surface area contributed by atoms with Crippen LogP contribution in [0.4, 0.5) is 5.95 Å². The van der Waals surface area contributed by atoms with E-state index in [1.165, 1.54) is 0 Å². The molecule has 1 N–H and O–H groups in total. The molecule has 0 saturated carbocycles. The monoisotopic (exact) mass is 356 g/mol. The van der Waals surface area contributed by atoms with Gasteiger partial charge in [0.15, 0.2) is 0 Å². The molecule has 0 radical (unpaired) electrons. The molecule has 1 aliphatic rings. The molecule has 128 valence electrons. The number of aromatic amines is 1. The average Bonchev–Trinajstić information content (AvgIpc) is 3.29. The molecule has 25 heavy (non-hydrogen) atoms. The van der Waals surface area contributed by atoms with Crippen LogP contribution in [-0.4, -0.2) is 57.2 Å². The molecule has 0 spiro atoms. The van der Waals surface area contributed by atoms with E-state index in [0.29, 0.717) is 23.1 Å². The fraction of sp³-hybridized carbons (Fsp3) is 0.294. The molecule has 8 heteroatoms. The van der Waals surface area contributed by atoms with Crippen molar-refractivity contribution >= 4 is 34.4 Å². The highest BCUT2D eigenvalue weighted by atomic mass is 35.5. The van der Waals surface area contributed by atoms with Gasteiger partial charge in [-0.2, -0.15) is 5.10 Å². The van der Waals surface area contributed by atoms with E-state index in [2.05, 4.69) is 25.1 Å². The molecule has 1 atom stereocenters. The average molecular weight is 357 g/mol. The normalized spacial score (nSPS) is 17.2. The van der Waals surface area contributed by atoms with Crippen LogP contribution in [-0.2, 0) is 0 Å². The third-order valence-electron chi connectivity index (χ3n) is 4.61. The number of nitrogens with zero attached hydrogens (tertiary/aromatic N) is 5. The number of benzene rings is 1. The highest BCUT2D eigenvalue weighted by Crippen LogP contribution is 2.22. The zero-order valence-electron chi connectivity index (χ0n) is 13.7. The maximum absolute atomic E-state index is 12.8. The van der Waals surface area contributed by atoms with E-state index in [0.717, 1.165) is 23.9 Å². The Labute approximate surface area is 149 Å². The first kappa shape index (κ1) is 15.8. The summed E-state index contributed by atoms with van der Waals surface area (Å²) < 4.78 is 0. The highest BCUT2D eigenvalue weighted by molar-refractivity contribution is 6.30. The maximum atomic E-state index is 12.8. The molecule has 4 rings (SSSR count). The summed E-state index contributed by atoms with van der Waals surface area (Å²) in [5.74, 6) is 0.645. The van der Waals surface area contributed by atoms with Gasteiger partial charge in [-0.05, 0) is 18.6 Å². The van der Waals surface area contributed by atoms with Crippen LogP contribution in [0.5, 0.6) is 0 Å². The van der Waals surface area contributed by atoms with E-state index < -0.39 is 0 Å². The van der Waals surface area contributed by atoms with Crippen LogP contribution in [0.1, 0.15) is 16.8 Å². The number of halogens is 1. The lowest BCUT2D eigenvalue weighted by Gasteiger charge is -2.25. The van der Waals surface area contributed by atoms with Crippen LogP contribution in [0.3, 0.4) is 0 Å². The molecular formula is C17H17ClN6O. The minimum Gasteiger partial charge on any atom is -0.339 e. The van der Waals surface area contributed by atoms with Crippen molar-refractivity contribution in [3.63, 3.8) is 0 Å². The first-order valence-electron chi connectivity index (χ1n) is 8.04. The molecule has 1 unspecified atom stereocenters. The molecule has 7 nitrogen and oxygen atoms in total. The van der Waals surface area contributed by atoms with Gasteiger partial charge >= 0.3 is 0 Å². The van der Waals surface area contributed by atoms with Gasteiger partial charge in [-0.3, -0.25) is 9.89 Å². The molecule has 1 saturated heterocycles. The molecular weight excluding hydrogens is 340 g/mol. The Kier molecular flexibility index (Phi) is 4.01. The summed E-state index contributed by atoms with van der Waals surface area (Å²) in [5.41, 5.74) is 1.52. The lowest BCUT2D eigenvalue weighted by atomic mass is 10.1. The third kappa shape index (κ3) is 3.02. The van der Waals surface area contributed by atoms with Crippen LogP contribution in [0.25, 0.3) is 10.9 Å². The molecule has 0 aliphatic carbocycles. The van der Waals surface area contributed by atoms with E-state index in [9.17, 15) is 4.79 Å². The summed E-state index contributed by atoms with van der Waals surface area (Å²) in [4.78, 5) is 25.2. The van der Waals surface area contributed by atoms with Crippen molar-refractivity contribution in [1.82, 2.24) is 25.1 Å². The van der Waals surface area contributed by atoms with Crippen molar-refractivity contribution in [2.75, 3.05) is 25.0 Å². The van der Waals surface area contributed by atoms with E-state index in [-0.39, 0.29) is 11.9 Å². The summed E-state index contributed by atoms with van der Waals surface area (Å²) in [6.07, 6.45) is 5.80. The molecule has 1 aromatic carbocycles. The Morgan fingerprint density at radius 2 is 2.12 bits per heavy atom. The number of H-pyrrole nitrogens is 1. The summed E-state index contributed by atoms with van der Waals surface area (Å²) in [6, 6.07) is 5.70. The largest absolute Gasteiger partial charge is 0.339 e. The number of aromatic nitrogens is 4. The fourth-order valence-corrected chi connectivity index (χ4v) is 3.25. The second kappa shape index (κ2) is 6.33. The summed E-state index contributed by atoms with van der Waals surface area (Å²) in [6.45, 7) is 1.51. The Morgan fingerprint density at radius 1 is 1.32 bits per heavy atom. The SMILES string of the molecule is CN(C(=O)c1ccc2cn[nH]c2c1)C1CCN(c2ncc(Cl)cn2)C1. The van der Waals surface area contributed by atoms with Crippen LogP contribution < -0.4 is 4.90 Å². The van der Waals surface area contributed by atoms with E-state index >= 15 is 0 Å². The lowest BCUT2D eigenvalue weighted by molar-refractivity contribution is 0.0745. The molecule has 1 fully saturated rings. The number of hydrogen-bond donors (Lipinski definition) is 1. The number of rotatable bonds is 3. The quantitative estimate of drug-likeness (QED) is 0.779. The van der Waals surface area contributed by atoms with Gasteiger partial charge in [-0.15, -0.1) is 0 Å². The maximum Gasteiger partial charge on any atom is 0.253 e. The van der Waals surface area contributed by atoms with E-state index in [4.69, 9.17) is 11.6 Å². The third-order valence-corrected chi connectivity index (χ3v) is 4.81. The predicted molar refractivity (Wildman–Crippen MR) is 95.8 cm³/mol. The van der Waals surface area contributed by atoms with Crippen molar-refractivity contribution < 1.29 is 4.79 Å². The number of amides is 1. The van der Waals surface area contributed by atoms with Gasteiger partial charge in [0.1, 0.15) is 0 Å². The topological polar surface area (TPSA) is 78.0 Å². The standard InChI is InChI=1S/C17H17ClN6O/c1-23(16(25)11-2-3-12-7-21-22-15(12)6-11)14-4-5-24(10-14)17-19-8-13(18)9-20-17/h2-3,6-9,14H,4-5,10H2,1H3,(H,21,22). The Bertz CT molecular complexity index is 909. The van der Waals surface area contributed by atoms with Gasteiger partial charge in [0.05, 0.1) is 35.2 Å². The van der Waals surface area contributed by atoms with Gasteiger partial charge in [0, 0.05) is 31.1 Å². The lowest BCUT2D eigenvalue weighted by Crippen LogP contribution is -2.39. The van der Waals surface area contributed by atoms with Crippen LogP contribution >= 0.6 is 11.6 Å². The second-order valence-electron chi connectivity index (χ2n) is 6.18. The van der Waals surface area contributed by atoms with Gasteiger partial charge < -0.3 is 9.80 Å². The molecule has 1 aliphatic heterocycles. The molecule has 0 bridgehead atoms. The van der Waals surface area contributed by atoms with Crippen LogP contribution in [0.2, 0.25) is 5.02 Å². The van der Waals surface area contributed by atoms with Crippen LogP contribution in [0.15, 0.2) is 36.8 Å². The molecule has 1 amide bonds. The number of likely N-dealkylation sites (N-methyl/N-ethyl adjacent to an activating group) is 1. The van der Waals surface area contributed by atoms with Gasteiger partial charge in [-0.25, -0.2) is 9.97 Å². The Hall–Kier alpha value is -2.67. The van der Waals surface area contributed by atoms with E-state index in [1.54, 1.807) is 23.5 Å². The van der Waals surface area contributed by atoms with Crippen molar-refractivity contribution in [2.24, 2.45) is 0 Å².